The lowest BCUT2D eigenvalue weighted by molar-refractivity contribution is -0.109. The van der Waals surface area contributed by atoms with Crippen LogP contribution >= 0.6 is 15.9 Å². The van der Waals surface area contributed by atoms with Crippen LogP contribution in [0.25, 0.3) is 10.4 Å². The highest BCUT2D eigenvalue weighted by Crippen LogP contribution is 2.38. The van der Waals surface area contributed by atoms with Crippen molar-refractivity contribution in [3.8, 4) is 5.75 Å². The second-order valence-electron chi connectivity index (χ2n) is 4.29. The second-order valence-corrected chi connectivity index (χ2v) is 5.55. The first-order chi connectivity index (χ1) is 10.1. The van der Waals surface area contributed by atoms with E-state index in [9.17, 15) is 4.79 Å². The number of azide groups is 1. The van der Waals surface area contributed by atoms with Crippen LogP contribution in [-0.2, 0) is 9.12 Å². The fourth-order valence-corrected chi connectivity index (χ4v) is 2.49. The zero-order valence-electron chi connectivity index (χ0n) is 11.2. The highest BCUT2D eigenvalue weighted by atomic mass is 79.9. The molecule has 0 aliphatic carbocycles. The Morgan fingerprint density at radius 3 is 2.10 bits per heavy atom. The summed E-state index contributed by atoms with van der Waals surface area (Å²) in [7, 11) is 1.59. The maximum absolute atomic E-state index is 11.6. The van der Waals surface area contributed by atoms with Gasteiger partial charge in [-0.2, -0.15) is 0 Å². The Hall–Kier alpha value is -2.30. The van der Waals surface area contributed by atoms with Gasteiger partial charge >= 0.3 is 0 Å². The summed E-state index contributed by atoms with van der Waals surface area (Å²) in [4.78, 5) is 14.4. The van der Waals surface area contributed by atoms with Crippen LogP contribution in [-0.4, -0.2) is 13.4 Å². The molecule has 2 rings (SSSR count). The van der Waals surface area contributed by atoms with Gasteiger partial charge in [-0.25, -0.2) is 0 Å². The van der Waals surface area contributed by atoms with E-state index in [0.717, 1.165) is 23.2 Å². The molecule has 0 aliphatic heterocycles. The third-order valence-corrected chi connectivity index (χ3v) is 4.22. The smallest absolute Gasteiger partial charge is 0.145 e. The first-order valence-electron chi connectivity index (χ1n) is 6.09. The number of benzene rings is 2. The molecule has 2 aromatic carbocycles. The predicted molar refractivity (Wildman–Crippen MR) is 84.0 cm³/mol. The molecule has 0 N–H and O–H groups in total. The molecule has 0 spiro atoms. The van der Waals surface area contributed by atoms with Crippen LogP contribution in [0, 0.1) is 0 Å². The first-order valence-corrected chi connectivity index (χ1v) is 6.89. The van der Waals surface area contributed by atoms with E-state index in [1.54, 1.807) is 43.5 Å². The van der Waals surface area contributed by atoms with Gasteiger partial charge in [0.25, 0.3) is 0 Å². The van der Waals surface area contributed by atoms with Crippen LogP contribution in [0.1, 0.15) is 11.1 Å². The van der Waals surface area contributed by atoms with E-state index < -0.39 is 4.32 Å². The van der Waals surface area contributed by atoms with Crippen LogP contribution in [0.5, 0.6) is 5.75 Å². The molecule has 0 saturated carbocycles. The molecular weight excluding hydrogens is 334 g/mol. The topological polar surface area (TPSA) is 75.1 Å². The van der Waals surface area contributed by atoms with Gasteiger partial charge < -0.3 is 9.53 Å². The number of methoxy groups -OCH3 is 1. The van der Waals surface area contributed by atoms with E-state index in [-0.39, 0.29) is 0 Å². The zero-order valence-corrected chi connectivity index (χ0v) is 12.8. The molecule has 0 fully saturated rings. The SMILES string of the molecule is COc1ccc(C(Br)(C=O)c2ccc(N=[N+]=[N-])cc2)cc1. The van der Waals surface area contributed by atoms with E-state index in [1.807, 2.05) is 12.1 Å². The Morgan fingerprint density at radius 2 is 1.67 bits per heavy atom. The molecule has 0 amide bonds. The molecule has 6 heteroatoms. The second kappa shape index (κ2) is 6.43. The summed E-state index contributed by atoms with van der Waals surface area (Å²) in [5.41, 5.74) is 10.4. The number of alkyl halides is 1. The van der Waals surface area contributed by atoms with Crippen molar-refractivity contribution in [1.29, 1.82) is 0 Å². The molecule has 0 saturated heterocycles. The molecule has 0 bridgehead atoms. The molecule has 0 radical (unpaired) electrons. The van der Waals surface area contributed by atoms with Crippen molar-refractivity contribution in [3.63, 3.8) is 0 Å². The van der Waals surface area contributed by atoms with Crippen molar-refractivity contribution in [2.24, 2.45) is 5.11 Å². The number of carbonyl (C=O) groups excluding carboxylic acids is 1. The first kappa shape index (κ1) is 15.1. The monoisotopic (exact) mass is 345 g/mol. The molecule has 1 atom stereocenters. The van der Waals surface area contributed by atoms with Crippen molar-refractivity contribution in [1.82, 2.24) is 0 Å². The number of hydrogen-bond donors (Lipinski definition) is 0. The van der Waals surface area contributed by atoms with Crippen LogP contribution in [0.3, 0.4) is 0 Å². The summed E-state index contributed by atoms with van der Waals surface area (Å²) in [6.07, 6.45) is 0.831. The van der Waals surface area contributed by atoms with Crippen molar-refractivity contribution < 1.29 is 9.53 Å². The van der Waals surface area contributed by atoms with Crippen molar-refractivity contribution in [3.05, 3.63) is 70.1 Å². The fraction of sp³-hybridized carbons (Fsp3) is 0.133. The van der Waals surface area contributed by atoms with Gasteiger partial charge in [-0.3, -0.25) is 0 Å². The lowest BCUT2D eigenvalue weighted by Crippen LogP contribution is -2.21. The average molecular weight is 346 g/mol. The number of hydrogen-bond acceptors (Lipinski definition) is 3. The molecule has 0 aliphatic rings. The van der Waals surface area contributed by atoms with Gasteiger partial charge in [-0.1, -0.05) is 57.4 Å². The molecule has 21 heavy (non-hydrogen) atoms. The molecule has 0 heterocycles. The third kappa shape index (κ3) is 3.07. The zero-order chi connectivity index (χ0) is 15.3. The minimum absolute atomic E-state index is 0.497. The number of nitrogens with zero attached hydrogens (tertiary/aromatic N) is 3. The Bertz CT molecular complexity index is 679. The van der Waals surface area contributed by atoms with E-state index >= 15 is 0 Å². The normalized spacial score (nSPS) is 12.9. The summed E-state index contributed by atoms with van der Waals surface area (Å²) in [5, 5.41) is 3.51. The van der Waals surface area contributed by atoms with E-state index in [4.69, 9.17) is 10.3 Å². The van der Waals surface area contributed by atoms with E-state index in [0.29, 0.717) is 5.69 Å². The number of carbonyl (C=O) groups is 1. The third-order valence-electron chi connectivity index (χ3n) is 3.12. The van der Waals surface area contributed by atoms with Crippen molar-refractivity contribution in [2.45, 2.75) is 4.32 Å². The van der Waals surface area contributed by atoms with Crippen LogP contribution < -0.4 is 4.74 Å². The molecule has 106 valence electrons. The van der Waals surface area contributed by atoms with Crippen molar-refractivity contribution in [2.75, 3.05) is 7.11 Å². The van der Waals surface area contributed by atoms with E-state index in [1.165, 1.54) is 0 Å². The van der Waals surface area contributed by atoms with Gasteiger partial charge in [0.1, 0.15) is 16.4 Å². The summed E-state index contributed by atoms with van der Waals surface area (Å²) >= 11 is 3.50. The largest absolute Gasteiger partial charge is 0.497 e. The lowest BCUT2D eigenvalue weighted by atomic mass is 9.92. The lowest BCUT2D eigenvalue weighted by Gasteiger charge is -2.22. The molecular formula is C15H12BrN3O2. The van der Waals surface area contributed by atoms with Crippen molar-refractivity contribution >= 4 is 27.9 Å². The minimum Gasteiger partial charge on any atom is -0.497 e. The molecule has 1 unspecified atom stereocenters. The average Bonchev–Trinajstić information content (AvgIpc) is 2.55. The molecule has 0 aromatic heterocycles. The van der Waals surface area contributed by atoms with Gasteiger partial charge in [-0.15, -0.1) is 0 Å². The summed E-state index contributed by atoms with van der Waals surface area (Å²) in [5.74, 6) is 0.721. The Balaban J connectivity index is 2.43. The Kier molecular flexibility index (Phi) is 4.62. The number of aldehydes is 1. The van der Waals surface area contributed by atoms with Gasteiger partial charge in [0.15, 0.2) is 0 Å². The highest BCUT2D eigenvalue weighted by molar-refractivity contribution is 9.10. The van der Waals surface area contributed by atoms with Gasteiger partial charge in [-0.05, 0) is 28.8 Å². The van der Waals surface area contributed by atoms with Crippen LogP contribution in [0.4, 0.5) is 5.69 Å². The molecule has 2 aromatic rings. The van der Waals surface area contributed by atoms with E-state index in [2.05, 4.69) is 26.0 Å². The van der Waals surface area contributed by atoms with Gasteiger partial charge in [0.05, 0.1) is 7.11 Å². The molecule has 5 nitrogen and oxygen atoms in total. The van der Waals surface area contributed by atoms with Crippen LogP contribution in [0.15, 0.2) is 53.6 Å². The number of halogens is 1. The number of ether oxygens (including phenoxy) is 1. The maximum atomic E-state index is 11.6. The fourth-order valence-electron chi connectivity index (χ4n) is 1.96. The van der Waals surface area contributed by atoms with Gasteiger partial charge in [0.2, 0.25) is 0 Å². The summed E-state index contributed by atoms with van der Waals surface area (Å²) in [6, 6.07) is 14.1. The highest BCUT2D eigenvalue weighted by Gasteiger charge is 2.30. The Morgan fingerprint density at radius 1 is 1.14 bits per heavy atom. The standard InChI is InChI=1S/C15H12BrN3O2/c1-21-14-8-4-12(5-9-14)15(16,10-20)11-2-6-13(7-3-11)18-19-17/h2-10H,1H3. The minimum atomic E-state index is -0.950. The van der Waals surface area contributed by atoms with Crippen LogP contribution in [0.2, 0.25) is 0 Å². The summed E-state index contributed by atoms with van der Waals surface area (Å²) in [6.45, 7) is 0. The number of rotatable bonds is 5. The predicted octanol–water partition coefficient (Wildman–Crippen LogP) is 4.47. The maximum Gasteiger partial charge on any atom is 0.145 e. The van der Waals surface area contributed by atoms with Gasteiger partial charge in [0, 0.05) is 10.6 Å². The Labute approximate surface area is 130 Å². The quantitative estimate of drug-likeness (QED) is 0.263. The summed E-state index contributed by atoms with van der Waals surface area (Å²) < 4.78 is 4.16.